The highest BCUT2D eigenvalue weighted by Gasteiger charge is 2.18. The number of aliphatic hydroxyl groups excluding tert-OH is 2. The Labute approximate surface area is 392 Å². The van der Waals surface area contributed by atoms with Gasteiger partial charge in [-0.25, -0.2) is 0 Å². The van der Waals surface area contributed by atoms with Gasteiger partial charge in [-0.3, -0.25) is 9.59 Å². The Morgan fingerprint density at radius 3 is 1.17 bits per heavy atom. The van der Waals surface area contributed by atoms with Crippen LogP contribution in [-0.4, -0.2) is 47.4 Å². The van der Waals surface area contributed by atoms with Gasteiger partial charge in [0.25, 0.3) is 0 Å². The molecule has 0 aromatic rings. The maximum absolute atomic E-state index is 12.4. The lowest BCUT2D eigenvalue weighted by Crippen LogP contribution is -2.45. The third kappa shape index (κ3) is 49.4. The van der Waals surface area contributed by atoms with Gasteiger partial charge in [-0.2, -0.15) is 0 Å². The van der Waals surface area contributed by atoms with Gasteiger partial charge in [0.1, 0.15) is 0 Å². The molecule has 0 aromatic carbocycles. The third-order valence-corrected chi connectivity index (χ3v) is 12.7. The lowest BCUT2D eigenvalue weighted by molar-refractivity contribution is -0.143. The highest BCUT2D eigenvalue weighted by Crippen LogP contribution is 2.16. The molecule has 0 aliphatic carbocycles. The van der Waals surface area contributed by atoms with Gasteiger partial charge in [0.2, 0.25) is 5.91 Å². The van der Waals surface area contributed by atoms with Crippen molar-refractivity contribution in [2.75, 3.05) is 13.2 Å². The number of carbonyl (C=O) groups is 2. The van der Waals surface area contributed by atoms with Crippen LogP contribution in [-0.2, 0) is 14.3 Å². The molecule has 0 saturated carbocycles. The van der Waals surface area contributed by atoms with E-state index < -0.39 is 12.1 Å². The van der Waals surface area contributed by atoms with E-state index in [1.165, 1.54) is 186 Å². The second kappa shape index (κ2) is 52.7. The van der Waals surface area contributed by atoms with Gasteiger partial charge >= 0.3 is 5.97 Å². The van der Waals surface area contributed by atoms with Crippen LogP contribution in [0.3, 0.4) is 0 Å². The van der Waals surface area contributed by atoms with Crippen molar-refractivity contribution >= 4 is 11.9 Å². The number of rotatable bonds is 51. The van der Waals surface area contributed by atoms with Gasteiger partial charge < -0.3 is 20.3 Å². The number of ether oxygens (including phenoxy) is 1. The van der Waals surface area contributed by atoms with Crippen LogP contribution >= 0.6 is 0 Å². The monoisotopic (exact) mass is 886 g/mol. The standard InChI is InChI=1S/C57H107NO5/c1-3-5-7-9-11-13-15-17-19-20-23-27-31-35-39-43-47-51-57(62)63-52-48-44-40-36-32-28-24-21-22-26-30-34-38-42-46-50-56(61)58-54(53-59)55(60)49-45-41-37-33-29-25-18-16-14-12-10-8-6-4-2/h21,24,28,32,45,49,54-55,59-60H,3-20,22-23,25-27,29-31,33-44,46-48,50-53H2,1-2H3,(H,58,61)/b24-21-,32-28-,49-45+. The summed E-state index contributed by atoms with van der Waals surface area (Å²) in [4.78, 5) is 24.5. The molecule has 1 amide bonds. The average Bonchev–Trinajstić information content (AvgIpc) is 3.28. The Kier molecular flexibility index (Phi) is 51.1. The molecule has 0 fully saturated rings. The molecule has 0 aliphatic rings. The molecule has 0 bridgehead atoms. The minimum absolute atomic E-state index is 0.0193. The van der Waals surface area contributed by atoms with Gasteiger partial charge in [-0.15, -0.1) is 0 Å². The van der Waals surface area contributed by atoms with E-state index in [2.05, 4.69) is 43.5 Å². The fourth-order valence-corrected chi connectivity index (χ4v) is 8.39. The molecule has 0 radical (unpaired) electrons. The molecule has 370 valence electrons. The van der Waals surface area contributed by atoms with E-state index in [4.69, 9.17) is 4.74 Å². The smallest absolute Gasteiger partial charge is 0.305 e. The second-order valence-corrected chi connectivity index (χ2v) is 18.9. The SMILES string of the molecule is CCCCCCCCCCCCCC/C=C/C(O)C(CO)NC(=O)CCCCCCCC/C=C\C=C/CCCCCOC(=O)CCCCCCCCCCCCCCCCCCC. The Hall–Kier alpha value is -1.92. The molecular weight excluding hydrogens is 779 g/mol. The molecule has 6 heteroatoms. The number of hydrogen-bond donors (Lipinski definition) is 3. The van der Waals surface area contributed by atoms with Crippen molar-refractivity contribution in [3.8, 4) is 0 Å². The molecule has 0 aliphatic heterocycles. The molecule has 0 rings (SSSR count). The van der Waals surface area contributed by atoms with Gasteiger partial charge in [-0.1, -0.05) is 249 Å². The quantitative estimate of drug-likeness (QED) is 0.0245. The highest BCUT2D eigenvalue weighted by atomic mass is 16.5. The summed E-state index contributed by atoms with van der Waals surface area (Å²) in [6.45, 7) is 4.85. The lowest BCUT2D eigenvalue weighted by Gasteiger charge is -2.20. The van der Waals surface area contributed by atoms with Crippen LogP contribution in [0.15, 0.2) is 36.5 Å². The van der Waals surface area contributed by atoms with Crippen LogP contribution < -0.4 is 5.32 Å². The molecule has 2 unspecified atom stereocenters. The Morgan fingerprint density at radius 1 is 0.444 bits per heavy atom. The van der Waals surface area contributed by atoms with Gasteiger partial charge in [-0.05, 0) is 64.2 Å². The van der Waals surface area contributed by atoms with E-state index in [9.17, 15) is 19.8 Å². The third-order valence-electron chi connectivity index (χ3n) is 12.7. The largest absolute Gasteiger partial charge is 0.466 e. The molecule has 63 heavy (non-hydrogen) atoms. The fourth-order valence-electron chi connectivity index (χ4n) is 8.39. The van der Waals surface area contributed by atoms with Crippen LogP contribution in [0.4, 0.5) is 0 Å². The predicted octanol–water partition coefficient (Wildman–Crippen LogP) is 16.9. The minimum atomic E-state index is -0.858. The number of esters is 1. The van der Waals surface area contributed by atoms with Crippen molar-refractivity contribution in [2.45, 2.75) is 302 Å². The first kappa shape index (κ1) is 61.1. The van der Waals surface area contributed by atoms with Crippen molar-refractivity contribution < 1.29 is 24.5 Å². The average molecular weight is 886 g/mol. The molecule has 0 heterocycles. The lowest BCUT2D eigenvalue weighted by atomic mass is 10.0. The van der Waals surface area contributed by atoms with Crippen molar-refractivity contribution in [2.24, 2.45) is 0 Å². The van der Waals surface area contributed by atoms with Crippen LogP contribution in [0.5, 0.6) is 0 Å². The maximum Gasteiger partial charge on any atom is 0.305 e. The predicted molar refractivity (Wildman–Crippen MR) is 273 cm³/mol. The van der Waals surface area contributed by atoms with Gasteiger partial charge in [0.05, 0.1) is 25.4 Å². The number of aliphatic hydroxyl groups is 2. The number of amides is 1. The van der Waals surface area contributed by atoms with Crippen LogP contribution in [0.25, 0.3) is 0 Å². The van der Waals surface area contributed by atoms with E-state index in [0.29, 0.717) is 19.4 Å². The van der Waals surface area contributed by atoms with Gasteiger partial charge in [0.15, 0.2) is 0 Å². The summed E-state index contributed by atoms with van der Waals surface area (Å²) >= 11 is 0. The van der Waals surface area contributed by atoms with Crippen molar-refractivity contribution in [1.29, 1.82) is 0 Å². The molecule has 0 spiro atoms. The highest BCUT2D eigenvalue weighted by molar-refractivity contribution is 5.76. The van der Waals surface area contributed by atoms with Crippen molar-refractivity contribution in [3.63, 3.8) is 0 Å². The summed E-state index contributed by atoms with van der Waals surface area (Å²) in [5.74, 6) is -0.110. The maximum atomic E-state index is 12.4. The molecule has 0 aromatic heterocycles. The number of unbranched alkanes of at least 4 members (excludes halogenated alkanes) is 37. The molecular formula is C57H107NO5. The minimum Gasteiger partial charge on any atom is -0.466 e. The molecule has 6 nitrogen and oxygen atoms in total. The van der Waals surface area contributed by atoms with Crippen LogP contribution in [0.1, 0.15) is 290 Å². The van der Waals surface area contributed by atoms with Crippen molar-refractivity contribution in [1.82, 2.24) is 5.32 Å². The molecule has 2 atom stereocenters. The normalized spacial score (nSPS) is 12.9. The first-order valence-corrected chi connectivity index (χ1v) is 27.8. The first-order chi connectivity index (χ1) is 31.0. The Morgan fingerprint density at radius 2 is 0.778 bits per heavy atom. The number of hydrogen-bond acceptors (Lipinski definition) is 5. The van der Waals surface area contributed by atoms with E-state index in [0.717, 1.165) is 77.0 Å². The van der Waals surface area contributed by atoms with E-state index in [-0.39, 0.29) is 18.5 Å². The number of allylic oxidation sites excluding steroid dienone is 5. The van der Waals surface area contributed by atoms with E-state index in [1.807, 2.05) is 6.08 Å². The van der Waals surface area contributed by atoms with Gasteiger partial charge in [0, 0.05) is 12.8 Å². The number of carbonyl (C=O) groups excluding carboxylic acids is 2. The van der Waals surface area contributed by atoms with E-state index in [1.54, 1.807) is 6.08 Å². The Balaban J connectivity index is 3.53. The summed E-state index contributed by atoms with van der Waals surface area (Å²) in [5, 5.41) is 23.0. The summed E-state index contributed by atoms with van der Waals surface area (Å²) < 4.78 is 5.46. The Bertz CT molecular complexity index is 1020. The first-order valence-electron chi connectivity index (χ1n) is 27.8. The molecule has 0 saturated heterocycles. The zero-order chi connectivity index (χ0) is 45.8. The zero-order valence-electron chi connectivity index (χ0n) is 42.1. The summed E-state index contributed by atoms with van der Waals surface area (Å²) in [5.41, 5.74) is 0. The number of nitrogens with one attached hydrogen (secondary N) is 1. The summed E-state index contributed by atoms with van der Waals surface area (Å²) in [7, 11) is 0. The summed E-state index contributed by atoms with van der Waals surface area (Å²) in [6, 6.07) is -0.644. The topological polar surface area (TPSA) is 95.9 Å². The van der Waals surface area contributed by atoms with Crippen molar-refractivity contribution in [3.05, 3.63) is 36.5 Å². The van der Waals surface area contributed by atoms with E-state index >= 15 is 0 Å². The zero-order valence-corrected chi connectivity index (χ0v) is 42.1. The fraction of sp³-hybridized carbons (Fsp3) is 0.860. The second-order valence-electron chi connectivity index (χ2n) is 18.9. The van der Waals surface area contributed by atoms with Crippen LogP contribution in [0.2, 0.25) is 0 Å². The summed E-state index contributed by atoms with van der Waals surface area (Å²) in [6.07, 6.45) is 64.4. The molecule has 3 N–H and O–H groups in total. The van der Waals surface area contributed by atoms with Crippen LogP contribution in [0, 0.1) is 0 Å².